The second-order valence-corrected chi connectivity index (χ2v) is 8.28. The summed E-state index contributed by atoms with van der Waals surface area (Å²) in [5, 5.41) is 8.91. The molecule has 2 aromatic heterocycles. The molecule has 0 amide bonds. The van der Waals surface area contributed by atoms with Crippen molar-refractivity contribution in [3.63, 3.8) is 0 Å². The van der Waals surface area contributed by atoms with Gasteiger partial charge in [-0.3, -0.25) is 9.38 Å². The molecular weight excluding hydrogens is 390 g/mol. The van der Waals surface area contributed by atoms with E-state index in [4.69, 9.17) is 9.47 Å². The highest BCUT2D eigenvalue weighted by Gasteiger charge is 2.22. The highest BCUT2D eigenvalue weighted by Crippen LogP contribution is 2.30. The van der Waals surface area contributed by atoms with Gasteiger partial charge in [0.05, 0.1) is 17.2 Å². The molecular formula is C24H27N5O2. The smallest absolute Gasteiger partial charge is 0.179 e. The van der Waals surface area contributed by atoms with Gasteiger partial charge >= 0.3 is 0 Å². The topological polar surface area (TPSA) is 64.8 Å². The van der Waals surface area contributed by atoms with Crippen molar-refractivity contribution in [1.29, 1.82) is 0 Å². The van der Waals surface area contributed by atoms with Crippen molar-refractivity contribution in [2.45, 2.75) is 18.8 Å². The Bertz CT molecular complexity index is 1180. The first-order valence-corrected chi connectivity index (χ1v) is 10.8. The van der Waals surface area contributed by atoms with Crippen LogP contribution in [0.25, 0.3) is 27.8 Å². The van der Waals surface area contributed by atoms with Gasteiger partial charge in [-0.2, -0.15) is 0 Å². The Kier molecular flexibility index (Phi) is 5.53. The first-order chi connectivity index (χ1) is 15.2. The Hall–Kier alpha value is -3.03. The lowest BCUT2D eigenvalue weighted by Crippen LogP contribution is -2.19. The molecule has 0 saturated carbocycles. The average molecular weight is 418 g/mol. The van der Waals surface area contributed by atoms with Gasteiger partial charge in [0.1, 0.15) is 18.2 Å². The average Bonchev–Trinajstić information content (AvgIpc) is 3.24. The maximum atomic E-state index is 5.83. The second-order valence-electron chi connectivity index (χ2n) is 8.28. The van der Waals surface area contributed by atoms with E-state index in [0.717, 1.165) is 72.0 Å². The lowest BCUT2D eigenvalue weighted by atomic mass is 9.99. The number of aromatic nitrogens is 4. The number of hydrogen-bond acceptors (Lipinski definition) is 6. The van der Waals surface area contributed by atoms with Crippen LogP contribution in [-0.4, -0.2) is 64.9 Å². The van der Waals surface area contributed by atoms with Crippen molar-refractivity contribution in [2.24, 2.45) is 0 Å². The Morgan fingerprint density at radius 2 is 1.81 bits per heavy atom. The SMILES string of the molecule is CN(C)CCOc1ccc(-c2ccc3ncc4nnc(C5CCOCC5)n4c3c2)cc1. The van der Waals surface area contributed by atoms with E-state index >= 15 is 0 Å². The molecule has 5 rings (SSSR count). The summed E-state index contributed by atoms with van der Waals surface area (Å²) in [7, 11) is 4.09. The fourth-order valence-electron chi connectivity index (χ4n) is 4.07. The summed E-state index contributed by atoms with van der Waals surface area (Å²) < 4.78 is 13.5. The summed E-state index contributed by atoms with van der Waals surface area (Å²) in [4.78, 5) is 6.70. The third-order valence-electron chi connectivity index (χ3n) is 5.83. The quantitative estimate of drug-likeness (QED) is 0.476. The van der Waals surface area contributed by atoms with Crippen LogP contribution >= 0.6 is 0 Å². The zero-order valence-electron chi connectivity index (χ0n) is 18.0. The molecule has 0 radical (unpaired) electrons. The molecule has 31 heavy (non-hydrogen) atoms. The van der Waals surface area contributed by atoms with E-state index in [1.54, 1.807) is 6.20 Å². The molecule has 0 aliphatic carbocycles. The summed E-state index contributed by atoms with van der Waals surface area (Å²) in [6, 6.07) is 14.6. The normalized spacial score (nSPS) is 15.2. The molecule has 2 aromatic carbocycles. The predicted molar refractivity (Wildman–Crippen MR) is 121 cm³/mol. The van der Waals surface area contributed by atoms with Crippen LogP contribution in [-0.2, 0) is 4.74 Å². The lowest BCUT2D eigenvalue weighted by Gasteiger charge is -2.20. The van der Waals surface area contributed by atoms with Crippen LogP contribution < -0.4 is 4.74 Å². The van der Waals surface area contributed by atoms with E-state index in [1.165, 1.54) is 0 Å². The molecule has 1 aliphatic rings. The summed E-state index contributed by atoms with van der Waals surface area (Å²) in [5.41, 5.74) is 5.03. The zero-order chi connectivity index (χ0) is 21.2. The largest absolute Gasteiger partial charge is 0.492 e. The van der Waals surface area contributed by atoms with Crippen molar-refractivity contribution in [2.75, 3.05) is 40.5 Å². The predicted octanol–water partition coefficient (Wildman–Crippen LogP) is 3.78. The summed E-state index contributed by atoms with van der Waals surface area (Å²) >= 11 is 0. The number of fused-ring (bicyclic) bond motifs is 3. The van der Waals surface area contributed by atoms with Gasteiger partial charge in [0, 0.05) is 25.7 Å². The summed E-state index contributed by atoms with van der Waals surface area (Å²) in [5.74, 6) is 2.25. The van der Waals surface area contributed by atoms with E-state index in [0.29, 0.717) is 12.5 Å². The molecule has 0 atom stereocenters. The maximum absolute atomic E-state index is 5.83. The van der Waals surface area contributed by atoms with E-state index in [9.17, 15) is 0 Å². The molecule has 1 saturated heterocycles. The van der Waals surface area contributed by atoms with Gasteiger partial charge in [0.2, 0.25) is 0 Å². The zero-order valence-corrected chi connectivity index (χ0v) is 18.0. The van der Waals surface area contributed by atoms with Crippen LogP contribution in [0.3, 0.4) is 0 Å². The van der Waals surface area contributed by atoms with Crippen LogP contribution in [0.4, 0.5) is 0 Å². The van der Waals surface area contributed by atoms with E-state index < -0.39 is 0 Å². The Balaban J connectivity index is 1.49. The minimum Gasteiger partial charge on any atom is -0.492 e. The standard InChI is InChI=1S/C24H27N5O2/c1-28(2)11-14-31-20-6-3-17(4-7-20)19-5-8-21-22(15-19)29-23(16-25-21)26-27-24(29)18-9-12-30-13-10-18/h3-8,15-16,18H,9-14H2,1-2H3. The Morgan fingerprint density at radius 3 is 2.58 bits per heavy atom. The van der Waals surface area contributed by atoms with Crippen LogP contribution in [0.1, 0.15) is 24.6 Å². The molecule has 0 unspecified atom stereocenters. The summed E-state index contributed by atoms with van der Waals surface area (Å²) in [6.45, 7) is 3.12. The van der Waals surface area contributed by atoms with E-state index in [2.05, 4.69) is 54.8 Å². The molecule has 1 fully saturated rings. The van der Waals surface area contributed by atoms with Crippen molar-refractivity contribution in [3.05, 3.63) is 54.5 Å². The first-order valence-electron chi connectivity index (χ1n) is 10.8. The minimum atomic E-state index is 0.358. The molecule has 1 aliphatic heterocycles. The highest BCUT2D eigenvalue weighted by atomic mass is 16.5. The molecule has 0 bridgehead atoms. The lowest BCUT2D eigenvalue weighted by molar-refractivity contribution is 0.0834. The Morgan fingerprint density at radius 1 is 1.03 bits per heavy atom. The number of likely N-dealkylation sites (N-methyl/N-ethyl adjacent to an activating group) is 1. The third-order valence-corrected chi connectivity index (χ3v) is 5.83. The number of hydrogen-bond donors (Lipinski definition) is 0. The van der Waals surface area contributed by atoms with Crippen LogP contribution in [0, 0.1) is 0 Å². The molecule has 3 heterocycles. The fourth-order valence-corrected chi connectivity index (χ4v) is 4.07. The van der Waals surface area contributed by atoms with Crippen LogP contribution in [0.15, 0.2) is 48.7 Å². The van der Waals surface area contributed by atoms with Gasteiger partial charge in [0.15, 0.2) is 5.65 Å². The van der Waals surface area contributed by atoms with Crippen molar-refractivity contribution >= 4 is 16.7 Å². The summed E-state index contributed by atoms with van der Waals surface area (Å²) in [6.07, 6.45) is 3.75. The van der Waals surface area contributed by atoms with E-state index in [1.807, 2.05) is 26.2 Å². The molecule has 4 aromatic rings. The van der Waals surface area contributed by atoms with Gasteiger partial charge < -0.3 is 14.4 Å². The number of nitrogens with zero attached hydrogens (tertiary/aromatic N) is 5. The minimum absolute atomic E-state index is 0.358. The monoisotopic (exact) mass is 417 g/mol. The van der Waals surface area contributed by atoms with Crippen molar-refractivity contribution in [1.82, 2.24) is 24.5 Å². The molecule has 7 nitrogen and oxygen atoms in total. The number of rotatable bonds is 6. The number of ether oxygens (including phenoxy) is 2. The van der Waals surface area contributed by atoms with Gasteiger partial charge in [-0.05, 0) is 62.3 Å². The van der Waals surface area contributed by atoms with Gasteiger partial charge in [0.25, 0.3) is 0 Å². The third kappa shape index (κ3) is 4.11. The van der Waals surface area contributed by atoms with Crippen molar-refractivity contribution < 1.29 is 9.47 Å². The highest BCUT2D eigenvalue weighted by molar-refractivity contribution is 5.83. The van der Waals surface area contributed by atoms with Crippen LogP contribution in [0.2, 0.25) is 0 Å². The van der Waals surface area contributed by atoms with Gasteiger partial charge in [-0.15, -0.1) is 10.2 Å². The van der Waals surface area contributed by atoms with Crippen LogP contribution in [0.5, 0.6) is 5.75 Å². The van der Waals surface area contributed by atoms with Crippen molar-refractivity contribution in [3.8, 4) is 16.9 Å². The molecule has 0 N–H and O–H groups in total. The Labute approximate surface area is 181 Å². The van der Waals surface area contributed by atoms with E-state index in [-0.39, 0.29) is 0 Å². The first kappa shape index (κ1) is 19.9. The second kappa shape index (κ2) is 8.61. The van der Waals surface area contributed by atoms with Gasteiger partial charge in [-0.1, -0.05) is 18.2 Å². The fraction of sp³-hybridized carbons (Fsp3) is 0.375. The number of benzene rings is 2. The van der Waals surface area contributed by atoms with Gasteiger partial charge in [-0.25, -0.2) is 0 Å². The molecule has 0 spiro atoms. The molecule has 160 valence electrons. The molecule has 7 heteroatoms. The maximum Gasteiger partial charge on any atom is 0.179 e.